The Hall–Kier alpha value is -2.82. The predicted octanol–water partition coefficient (Wildman–Crippen LogP) is 3.95. The molecule has 1 saturated heterocycles. The van der Waals surface area contributed by atoms with E-state index in [2.05, 4.69) is 5.32 Å². The van der Waals surface area contributed by atoms with Crippen LogP contribution in [0.15, 0.2) is 53.2 Å². The number of rotatable bonds is 4. The number of carbonyl (C=O) groups excluding carboxylic acids is 2. The van der Waals surface area contributed by atoms with Crippen molar-refractivity contribution in [3.05, 3.63) is 60.1 Å². The number of hydrogen-bond acceptors (Lipinski definition) is 3. The lowest BCUT2D eigenvalue weighted by Crippen LogP contribution is -2.31. The first-order chi connectivity index (χ1) is 12.2. The number of furan rings is 1. The van der Waals surface area contributed by atoms with Crippen molar-refractivity contribution in [2.24, 2.45) is 0 Å². The van der Waals surface area contributed by atoms with Gasteiger partial charge in [-0.2, -0.15) is 0 Å². The van der Waals surface area contributed by atoms with Gasteiger partial charge in [-0.15, -0.1) is 0 Å². The SMILES string of the molecule is O=C(/C=C/c1ccco1)Nc1ccc(C(=O)N2CCCCCC2)cc1. The molecule has 0 spiro atoms. The molecule has 5 nitrogen and oxygen atoms in total. The summed E-state index contributed by atoms with van der Waals surface area (Å²) in [5.41, 5.74) is 1.31. The Morgan fingerprint density at radius 3 is 2.36 bits per heavy atom. The lowest BCUT2D eigenvalue weighted by Gasteiger charge is -2.20. The Morgan fingerprint density at radius 1 is 1.00 bits per heavy atom. The fraction of sp³-hybridized carbons (Fsp3) is 0.300. The largest absolute Gasteiger partial charge is 0.465 e. The van der Waals surface area contributed by atoms with E-state index in [1.807, 2.05) is 4.90 Å². The Bertz CT molecular complexity index is 725. The van der Waals surface area contributed by atoms with Gasteiger partial charge in [0, 0.05) is 30.4 Å². The van der Waals surface area contributed by atoms with E-state index in [1.54, 1.807) is 48.7 Å². The lowest BCUT2D eigenvalue weighted by molar-refractivity contribution is -0.111. The van der Waals surface area contributed by atoms with Crippen molar-refractivity contribution in [3.8, 4) is 0 Å². The summed E-state index contributed by atoms with van der Waals surface area (Å²) in [7, 11) is 0. The van der Waals surface area contributed by atoms with E-state index >= 15 is 0 Å². The molecule has 0 unspecified atom stereocenters. The van der Waals surface area contributed by atoms with Crippen molar-refractivity contribution >= 4 is 23.6 Å². The van der Waals surface area contributed by atoms with Gasteiger partial charge in [0.25, 0.3) is 5.91 Å². The molecule has 2 aromatic rings. The van der Waals surface area contributed by atoms with Crippen molar-refractivity contribution in [2.45, 2.75) is 25.7 Å². The lowest BCUT2D eigenvalue weighted by atomic mass is 10.1. The summed E-state index contributed by atoms with van der Waals surface area (Å²) in [5, 5.41) is 2.77. The zero-order valence-electron chi connectivity index (χ0n) is 14.1. The van der Waals surface area contributed by atoms with E-state index in [4.69, 9.17) is 4.42 Å². The number of carbonyl (C=O) groups is 2. The van der Waals surface area contributed by atoms with Gasteiger partial charge >= 0.3 is 0 Å². The van der Waals surface area contributed by atoms with Crippen LogP contribution in [0.25, 0.3) is 6.08 Å². The Labute approximate surface area is 147 Å². The topological polar surface area (TPSA) is 62.6 Å². The van der Waals surface area contributed by atoms with Crippen molar-refractivity contribution in [1.29, 1.82) is 0 Å². The van der Waals surface area contributed by atoms with Crippen LogP contribution in [0, 0.1) is 0 Å². The van der Waals surface area contributed by atoms with Crippen LogP contribution in [0.5, 0.6) is 0 Å². The highest BCUT2D eigenvalue weighted by Crippen LogP contribution is 2.15. The molecule has 0 atom stereocenters. The first kappa shape index (κ1) is 17.0. The highest BCUT2D eigenvalue weighted by molar-refractivity contribution is 6.02. The maximum atomic E-state index is 12.5. The maximum Gasteiger partial charge on any atom is 0.253 e. The standard InChI is InChI=1S/C20H22N2O3/c23-19(12-11-18-6-5-15-25-18)21-17-9-7-16(8-10-17)20(24)22-13-3-1-2-4-14-22/h5-12,15H,1-4,13-14H2,(H,21,23)/b12-11+. The molecule has 2 amide bonds. The minimum Gasteiger partial charge on any atom is -0.465 e. The van der Waals surface area contributed by atoms with Crippen LogP contribution in [-0.4, -0.2) is 29.8 Å². The van der Waals surface area contributed by atoms with Crippen LogP contribution < -0.4 is 5.32 Å². The molecular weight excluding hydrogens is 316 g/mol. The summed E-state index contributed by atoms with van der Waals surface area (Å²) < 4.78 is 5.13. The maximum absolute atomic E-state index is 12.5. The molecule has 1 fully saturated rings. The van der Waals surface area contributed by atoms with Gasteiger partial charge in [-0.05, 0) is 55.3 Å². The van der Waals surface area contributed by atoms with E-state index < -0.39 is 0 Å². The average Bonchev–Trinajstić information content (AvgIpc) is 3.00. The molecule has 2 heterocycles. The molecule has 1 aliphatic rings. The van der Waals surface area contributed by atoms with E-state index in [0.717, 1.165) is 25.9 Å². The molecule has 0 saturated carbocycles. The second-order valence-electron chi connectivity index (χ2n) is 6.12. The van der Waals surface area contributed by atoms with Crippen LogP contribution in [0.1, 0.15) is 41.8 Å². The van der Waals surface area contributed by atoms with E-state index in [0.29, 0.717) is 17.0 Å². The number of amides is 2. The predicted molar refractivity (Wildman–Crippen MR) is 97.2 cm³/mol. The molecule has 5 heteroatoms. The molecule has 1 N–H and O–H groups in total. The minimum absolute atomic E-state index is 0.0671. The number of anilines is 1. The van der Waals surface area contributed by atoms with Gasteiger partial charge in [0.15, 0.2) is 0 Å². The molecule has 1 aromatic heterocycles. The third kappa shape index (κ3) is 4.83. The van der Waals surface area contributed by atoms with E-state index in [1.165, 1.54) is 18.9 Å². The Kier molecular flexibility index (Phi) is 5.67. The summed E-state index contributed by atoms with van der Waals surface area (Å²) in [6.07, 6.45) is 9.10. The molecule has 25 heavy (non-hydrogen) atoms. The zero-order valence-corrected chi connectivity index (χ0v) is 14.1. The fourth-order valence-electron chi connectivity index (χ4n) is 2.88. The van der Waals surface area contributed by atoms with Gasteiger partial charge < -0.3 is 14.6 Å². The van der Waals surface area contributed by atoms with Crippen LogP contribution in [0.4, 0.5) is 5.69 Å². The van der Waals surface area contributed by atoms with Gasteiger partial charge in [-0.25, -0.2) is 0 Å². The highest BCUT2D eigenvalue weighted by Gasteiger charge is 2.17. The van der Waals surface area contributed by atoms with Gasteiger partial charge in [0.1, 0.15) is 5.76 Å². The second kappa shape index (κ2) is 8.33. The third-order valence-corrected chi connectivity index (χ3v) is 4.23. The molecule has 1 aromatic carbocycles. The second-order valence-corrected chi connectivity index (χ2v) is 6.12. The molecule has 0 radical (unpaired) electrons. The molecule has 1 aliphatic heterocycles. The average molecular weight is 338 g/mol. The summed E-state index contributed by atoms with van der Waals surface area (Å²) in [5.74, 6) is 0.439. The van der Waals surface area contributed by atoms with Crippen molar-refractivity contribution in [1.82, 2.24) is 4.90 Å². The summed E-state index contributed by atoms with van der Waals surface area (Å²) >= 11 is 0. The van der Waals surface area contributed by atoms with E-state index in [-0.39, 0.29) is 11.8 Å². The van der Waals surface area contributed by atoms with Crippen molar-refractivity contribution in [2.75, 3.05) is 18.4 Å². The number of benzene rings is 1. The molecule has 3 rings (SSSR count). The van der Waals surface area contributed by atoms with Gasteiger partial charge in [-0.3, -0.25) is 9.59 Å². The first-order valence-corrected chi connectivity index (χ1v) is 8.64. The van der Waals surface area contributed by atoms with E-state index in [9.17, 15) is 9.59 Å². The smallest absolute Gasteiger partial charge is 0.253 e. The summed E-state index contributed by atoms with van der Waals surface area (Å²) in [6.45, 7) is 1.66. The quantitative estimate of drug-likeness (QED) is 0.859. The van der Waals surface area contributed by atoms with Gasteiger partial charge in [0.2, 0.25) is 5.91 Å². The number of nitrogens with zero attached hydrogens (tertiary/aromatic N) is 1. The molecule has 0 aliphatic carbocycles. The summed E-state index contributed by atoms with van der Waals surface area (Å²) in [4.78, 5) is 26.4. The van der Waals surface area contributed by atoms with Crippen LogP contribution in [0.2, 0.25) is 0 Å². The van der Waals surface area contributed by atoms with Gasteiger partial charge in [0.05, 0.1) is 6.26 Å². The zero-order chi connectivity index (χ0) is 17.5. The number of nitrogens with one attached hydrogen (secondary N) is 1. The summed E-state index contributed by atoms with van der Waals surface area (Å²) in [6, 6.07) is 10.6. The number of likely N-dealkylation sites (tertiary alicyclic amines) is 1. The fourth-order valence-corrected chi connectivity index (χ4v) is 2.88. The Morgan fingerprint density at radius 2 is 1.72 bits per heavy atom. The third-order valence-electron chi connectivity index (χ3n) is 4.23. The minimum atomic E-state index is -0.247. The first-order valence-electron chi connectivity index (χ1n) is 8.64. The normalized spacial score (nSPS) is 15.1. The van der Waals surface area contributed by atoms with Crippen molar-refractivity contribution < 1.29 is 14.0 Å². The van der Waals surface area contributed by atoms with Crippen molar-refractivity contribution in [3.63, 3.8) is 0 Å². The molecule has 130 valence electrons. The molecule has 0 bridgehead atoms. The Balaban J connectivity index is 1.58. The van der Waals surface area contributed by atoms with Crippen LogP contribution >= 0.6 is 0 Å². The van der Waals surface area contributed by atoms with Crippen LogP contribution in [-0.2, 0) is 4.79 Å². The van der Waals surface area contributed by atoms with Gasteiger partial charge in [-0.1, -0.05) is 12.8 Å². The highest BCUT2D eigenvalue weighted by atomic mass is 16.3. The number of hydrogen-bond donors (Lipinski definition) is 1. The monoisotopic (exact) mass is 338 g/mol. The van der Waals surface area contributed by atoms with Crippen LogP contribution in [0.3, 0.4) is 0 Å². The molecular formula is C20H22N2O3.